The fraction of sp³-hybridized carbons (Fsp3) is 0.429. The second-order valence-corrected chi connectivity index (χ2v) is 3.73. The van der Waals surface area contributed by atoms with Gasteiger partial charge in [-0.2, -0.15) is 8.78 Å². The second kappa shape index (κ2) is 3.49. The van der Waals surface area contributed by atoms with Gasteiger partial charge >= 0.3 is 6.43 Å². The van der Waals surface area contributed by atoms with E-state index in [1.165, 1.54) is 11.3 Å². The van der Waals surface area contributed by atoms with Gasteiger partial charge < -0.3 is 4.74 Å². The SMILES string of the molecule is Cc1nc(C2NN=C(C(F)F)O2)cs1. The van der Waals surface area contributed by atoms with Crippen molar-refractivity contribution in [2.24, 2.45) is 5.10 Å². The first-order chi connectivity index (χ1) is 6.66. The number of hydrogen-bond acceptors (Lipinski definition) is 5. The summed E-state index contributed by atoms with van der Waals surface area (Å²) < 4.78 is 29.1. The molecule has 0 spiro atoms. The standard InChI is InChI=1S/C7H7F2N3OS/c1-3-10-4(2-14-3)6-11-12-7(13-6)5(8)9/h2,5-6,11H,1H3. The summed E-state index contributed by atoms with van der Waals surface area (Å²) in [5.41, 5.74) is 3.02. The largest absolute Gasteiger partial charge is 0.444 e. The van der Waals surface area contributed by atoms with E-state index >= 15 is 0 Å². The maximum absolute atomic E-state index is 12.1. The Morgan fingerprint density at radius 1 is 1.64 bits per heavy atom. The van der Waals surface area contributed by atoms with E-state index in [9.17, 15) is 8.78 Å². The van der Waals surface area contributed by atoms with E-state index < -0.39 is 18.6 Å². The first-order valence-electron chi connectivity index (χ1n) is 3.87. The lowest BCUT2D eigenvalue weighted by atomic mass is 10.4. The molecule has 14 heavy (non-hydrogen) atoms. The number of aryl methyl sites for hydroxylation is 1. The first kappa shape index (κ1) is 9.32. The average Bonchev–Trinajstić information content (AvgIpc) is 2.70. The summed E-state index contributed by atoms with van der Waals surface area (Å²) in [5, 5.41) is 5.97. The molecule has 1 atom stereocenters. The summed E-state index contributed by atoms with van der Waals surface area (Å²) in [6, 6.07) is 0. The van der Waals surface area contributed by atoms with E-state index in [0.717, 1.165) is 5.01 Å². The van der Waals surface area contributed by atoms with Gasteiger partial charge in [-0.3, -0.25) is 5.43 Å². The monoisotopic (exact) mass is 219 g/mol. The van der Waals surface area contributed by atoms with Crippen LogP contribution in [-0.2, 0) is 4.74 Å². The fourth-order valence-corrected chi connectivity index (χ4v) is 1.65. The summed E-state index contributed by atoms with van der Waals surface area (Å²) in [5.74, 6) is -0.583. The number of thiazole rings is 1. The Hall–Kier alpha value is -1.24. The van der Waals surface area contributed by atoms with Crippen LogP contribution in [0.25, 0.3) is 0 Å². The van der Waals surface area contributed by atoms with E-state index in [0.29, 0.717) is 5.69 Å². The topological polar surface area (TPSA) is 46.5 Å². The van der Waals surface area contributed by atoms with E-state index in [2.05, 4.69) is 15.5 Å². The van der Waals surface area contributed by atoms with Crippen LogP contribution < -0.4 is 5.43 Å². The van der Waals surface area contributed by atoms with E-state index in [-0.39, 0.29) is 0 Å². The maximum atomic E-state index is 12.1. The molecule has 1 unspecified atom stereocenters. The smallest absolute Gasteiger partial charge is 0.314 e. The van der Waals surface area contributed by atoms with Crippen molar-refractivity contribution >= 4 is 17.2 Å². The molecule has 0 radical (unpaired) electrons. The zero-order valence-electron chi connectivity index (χ0n) is 7.20. The fourth-order valence-electron chi connectivity index (χ4n) is 1.02. The number of hydrogen-bond donors (Lipinski definition) is 1. The molecule has 2 heterocycles. The third-order valence-electron chi connectivity index (χ3n) is 1.62. The third-order valence-corrected chi connectivity index (χ3v) is 2.41. The second-order valence-electron chi connectivity index (χ2n) is 2.67. The van der Waals surface area contributed by atoms with Crippen molar-refractivity contribution in [1.29, 1.82) is 0 Å². The predicted molar refractivity (Wildman–Crippen MR) is 47.3 cm³/mol. The van der Waals surface area contributed by atoms with Crippen molar-refractivity contribution < 1.29 is 13.5 Å². The van der Waals surface area contributed by atoms with Gasteiger partial charge in [0.1, 0.15) is 5.69 Å². The highest BCUT2D eigenvalue weighted by molar-refractivity contribution is 7.09. The van der Waals surface area contributed by atoms with Gasteiger partial charge in [0.15, 0.2) is 0 Å². The number of hydrazone groups is 1. The zero-order chi connectivity index (χ0) is 10.1. The van der Waals surface area contributed by atoms with Crippen molar-refractivity contribution in [1.82, 2.24) is 10.4 Å². The van der Waals surface area contributed by atoms with Gasteiger partial charge in [0.2, 0.25) is 6.23 Å². The zero-order valence-corrected chi connectivity index (χ0v) is 8.02. The van der Waals surface area contributed by atoms with Gasteiger partial charge in [0.25, 0.3) is 5.90 Å². The van der Waals surface area contributed by atoms with Crippen LogP contribution in [0, 0.1) is 6.92 Å². The van der Waals surface area contributed by atoms with Gasteiger partial charge in [-0.1, -0.05) is 0 Å². The highest BCUT2D eigenvalue weighted by Gasteiger charge is 2.28. The summed E-state index contributed by atoms with van der Waals surface area (Å²) in [6.45, 7) is 1.83. The number of halogens is 2. The number of rotatable bonds is 2. The van der Waals surface area contributed by atoms with E-state index in [1.54, 1.807) is 5.38 Å². The molecule has 0 aromatic carbocycles. The number of nitrogens with zero attached hydrogens (tertiary/aromatic N) is 2. The van der Waals surface area contributed by atoms with Gasteiger partial charge in [0.05, 0.1) is 5.01 Å². The van der Waals surface area contributed by atoms with Crippen LogP contribution in [0.1, 0.15) is 16.9 Å². The highest BCUT2D eigenvalue weighted by Crippen LogP contribution is 2.22. The van der Waals surface area contributed by atoms with E-state index in [4.69, 9.17) is 4.74 Å². The average molecular weight is 219 g/mol. The van der Waals surface area contributed by atoms with Crippen LogP contribution in [0.5, 0.6) is 0 Å². The van der Waals surface area contributed by atoms with Crippen LogP contribution in [0.4, 0.5) is 8.78 Å². The Balaban J connectivity index is 2.05. The van der Waals surface area contributed by atoms with Crippen molar-refractivity contribution in [3.05, 3.63) is 16.1 Å². The minimum absolute atomic E-state index is 0.576. The minimum Gasteiger partial charge on any atom is -0.444 e. The molecule has 1 N–H and O–H groups in total. The molecule has 1 aliphatic rings. The Kier molecular flexibility index (Phi) is 2.32. The van der Waals surface area contributed by atoms with Crippen LogP contribution in [0.2, 0.25) is 0 Å². The lowest BCUT2D eigenvalue weighted by molar-refractivity contribution is 0.132. The molecule has 1 aliphatic heterocycles. The third kappa shape index (κ3) is 1.67. The highest BCUT2D eigenvalue weighted by atomic mass is 32.1. The Morgan fingerprint density at radius 3 is 2.93 bits per heavy atom. The molecule has 0 amide bonds. The summed E-state index contributed by atoms with van der Waals surface area (Å²) >= 11 is 1.43. The maximum Gasteiger partial charge on any atom is 0.314 e. The van der Waals surface area contributed by atoms with Crippen LogP contribution in [-0.4, -0.2) is 17.3 Å². The normalized spacial score (nSPS) is 20.6. The van der Waals surface area contributed by atoms with Crippen molar-refractivity contribution in [3.63, 3.8) is 0 Å². The number of nitrogens with one attached hydrogen (secondary N) is 1. The Labute approximate surface area is 82.6 Å². The number of aromatic nitrogens is 1. The van der Waals surface area contributed by atoms with Crippen molar-refractivity contribution in [2.45, 2.75) is 19.6 Å². The molecule has 0 saturated carbocycles. The number of ether oxygens (including phenoxy) is 1. The Bertz CT molecular complexity index is 366. The molecule has 1 aromatic heterocycles. The van der Waals surface area contributed by atoms with Crippen LogP contribution in [0.15, 0.2) is 10.5 Å². The molecule has 4 nitrogen and oxygen atoms in total. The molecule has 2 rings (SSSR count). The lowest BCUT2D eigenvalue weighted by Crippen LogP contribution is -2.15. The molecule has 0 saturated heterocycles. The van der Waals surface area contributed by atoms with E-state index in [1.807, 2.05) is 6.92 Å². The molecule has 0 aliphatic carbocycles. The molecule has 7 heteroatoms. The van der Waals surface area contributed by atoms with Gasteiger partial charge in [0, 0.05) is 5.38 Å². The van der Waals surface area contributed by atoms with Crippen molar-refractivity contribution in [2.75, 3.05) is 0 Å². The molecular formula is C7H7F2N3OS. The molecule has 0 fully saturated rings. The lowest BCUT2D eigenvalue weighted by Gasteiger charge is -2.07. The minimum atomic E-state index is -2.69. The van der Waals surface area contributed by atoms with Crippen LogP contribution in [0.3, 0.4) is 0 Å². The quantitative estimate of drug-likeness (QED) is 0.822. The van der Waals surface area contributed by atoms with Gasteiger partial charge in [-0.15, -0.1) is 16.4 Å². The Morgan fingerprint density at radius 2 is 2.43 bits per heavy atom. The predicted octanol–water partition coefficient (Wildman–Crippen LogP) is 1.65. The molecular weight excluding hydrogens is 212 g/mol. The number of alkyl halides is 2. The first-order valence-corrected chi connectivity index (χ1v) is 4.74. The van der Waals surface area contributed by atoms with Gasteiger partial charge in [-0.25, -0.2) is 4.98 Å². The molecule has 1 aromatic rings. The van der Waals surface area contributed by atoms with Crippen LogP contribution >= 0.6 is 11.3 Å². The molecule has 0 bridgehead atoms. The van der Waals surface area contributed by atoms with Crippen molar-refractivity contribution in [3.8, 4) is 0 Å². The summed E-state index contributed by atoms with van der Waals surface area (Å²) in [6.07, 6.45) is -3.36. The summed E-state index contributed by atoms with van der Waals surface area (Å²) in [7, 11) is 0. The molecule has 76 valence electrons. The van der Waals surface area contributed by atoms with Gasteiger partial charge in [-0.05, 0) is 6.92 Å². The summed E-state index contributed by atoms with van der Waals surface area (Å²) in [4.78, 5) is 4.10.